The van der Waals surface area contributed by atoms with E-state index in [4.69, 9.17) is 5.11 Å². The number of carboxylic acid groups (broad SMARTS) is 1. The van der Waals surface area contributed by atoms with Gasteiger partial charge in [0, 0.05) is 16.7 Å². The highest BCUT2D eigenvalue weighted by molar-refractivity contribution is 7.91. The Labute approximate surface area is 141 Å². The van der Waals surface area contributed by atoms with Crippen molar-refractivity contribution in [1.82, 2.24) is 4.98 Å². The maximum absolute atomic E-state index is 13.3. The first kappa shape index (κ1) is 19.1. The summed E-state index contributed by atoms with van der Waals surface area (Å²) in [7, 11) is 0. The number of nitrogens with zero attached hydrogens (tertiary/aromatic N) is 1. The Bertz CT molecular complexity index is 796. The summed E-state index contributed by atoms with van der Waals surface area (Å²) in [4.78, 5) is 13.4. The van der Waals surface area contributed by atoms with Gasteiger partial charge >= 0.3 is 12.1 Å². The molecule has 0 radical (unpaired) electrons. The number of halogens is 5. The van der Waals surface area contributed by atoms with Crippen LogP contribution in [0.4, 0.5) is 22.0 Å². The molecule has 1 atom stereocenters. The molecule has 0 spiro atoms. The second-order valence-corrected chi connectivity index (χ2v) is 6.28. The first-order valence-electron chi connectivity index (χ1n) is 6.65. The van der Waals surface area contributed by atoms with Crippen LogP contribution in [-0.2, 0) is 17.4 Å². The summed E-state index contributed by atoms with van der Waals surface area (Å²) >= 11 is -2.33. The Morgan fingerprint density at radius 2 is 1.80 bits per heavy atom. The van der Waals surface area contributed by atoms with Crippen LogP contribution in [0.15, 0.2) is 40.1 Å². The predicted molar refractivity (Wildman–Crippen MR) is 77.0 cm³/mol. The van der Waals surface area contributed by atoms with E-state index in [1.54, 1.807) is 6.07 Å². The van der Waals surface area contributed by atoms with E-state index in [1.165, 1.54) is 24.3 Å². The number of pyridine rings is 1. The lowest BCUT2D eigenvalue weighted by Crippen LogP contribution is -2.22. The van der Waals surface area contributed by atoms with Crippen LogP contribution in [0.5, 0.6) is 0 Å². The molecule has 0 aliphatic rings. The summed E-state index contributed by atoms with van der Waals surface area (Å²) in [5, 5.41) is 9.09. The molecule has 1 N–H and O–H groups in total. The first-order chi connectivity index (χ1) is 11.6. The van der Waals surface area contributed by atoms with Gasteiger partial charge in [-0.15, -0.1) is 0 Å². The van der Waals surface area contributed by atoms with Crippen LogP contribution < -0.4 is 0 Å². The third kappa shape index (κ3) is 3.74. The minimum absolute atomic E-state index is 0.0328. The highest BCUT2D eigenvalue weighted by Crippen LogP contribution is 2.39. The minimum Gasteiger partial charge on any atom is -0.606 e. The molecule has 0 saturated carbocycles. The Morgan fingerprint density at radius 1 is 1.24 bits per heavy atom. The molecule has 1 unspecified atom stereocenters. The van der Waals surface area contributed by atoms with Crippen molar-refractivity contribution in [1.29, 1.82) is 0 Å². The smallest absolute Gasteiger partial charge is 0.434 e. The summed E-state index contributed by atoms with van der Waals surface area (Å²) in [5.74, 6) is -2.00. The van der Waals surface area contributed by atoms with E-state index in [9.17, 15) is 31.3 Å². The van der Waals surface area contributed by atoms with E-state index < -0.39 is 57.2 Å². The fraction of sp³-hybridized carbons (Fsp3) is 0.200. The predicted octanol–water partition coefficient (Wildman–Crippen LogP) is 4.21. The van der Waals surface area contributed by atoms with E-state index in [-0.39, 0.29) is 4.90 Å². The molecule has 0 aliphatic carbocycles. The molecular formula is C15H10F5NO3S. The Kier molecular flexibility index (Phi) is 5.33. The van der Waals surface area contributed by atoms with Gasteiger partial charge in [0.05, 0.1) is 5.56 Å². The zero-order valence-electron chi connectivity index (χ0n) is 12.5. The van der Waals surface area contributed by atoms with Crippen LogP contribution in [0.3, 0.4) is 0 Å². The molecule has 2 aromatic rings. The van der Waals surface area contributed by atoms with Crippen molar-refractivity contribution in [2.75, 3.05) is 0 Å². The summed E-state index contributed by atoms with van der Waals surface area (Å²) in [5.41, 5.74) is -5.25. The molecule has 0 bridgehead atoms. The number of hydrogen-bond donors (Lipinski definition) is 1. The minimum atomic E-state index is -5.26. The number of hydrogen-bond acceptors (Lipinski definition) is 3. The van der Waals surface area contributed by atoms with Crippen LogP contribution in [0.25, 0.3) is 0 Å². The van der Waals surface area contributed by atoms with Crippen molar-refractivity contribution in [3.63, 3.8) is 0 Å². The molecule has 1 aromatic heterocycles. The van der Waals surface area contributed by atoms with E-state index in [2.05, 4.69) is 4.98 Å². The van der Waals surface area contributed by atoms with Gasteiger partial charge in [0.2, 0.25) is 0 Å². The Balaban J connectivity index is 2.83. The van der Waals surface area contributed by atoms with Gasteiger partial charge in [-0.25, -0.2) is 18.6 Å². The molecule has 2 rings (SSSR count). The van der Waals surface area contributed by atoms with Gasteiger partial charge < -0.3 is 9.66 Å². The van der Waals surface area contributed by atoms with Gasteiger partial charge in [0.1, 0.15) is 0 Å². The lowest BCUT2D eigenvalue weighted by Gasteiger charge is -2.19. The van der Waals surface area contributed by atoms with Crippen molar-refractivity contribution in [3.05, 3.63) is 52.8 Å². The van der Waals surface area contributed by atoms with E-state index in [0.29, 0.717) is 0 Å². The van der Waals surface area contributed by atoms with E-state index in [0.717, 1.165) is 6.92 Å². The van der Waals surface area contributed by atoms with Gasteiger partial charge in [-0.2, -0.15) is 13.2 Å². The third-order valence-electron chi connectivity index (χ3n) is 3.25. The fourth-order valence-electron chi connectivity index (χ4n) is 2.22. The van der Waals surface area contributed by atoms with Crippen molar-refractivity contribution in [2.45, 2.75) is 29.3 Å². The average Bonchev–Trinajstić information content (AvgIpc) is 2.52. The Hall–Kier alpha value is -2.20. The summed E-state index contributed by atoms with van der Waals surface area (Å²) in [6.45, 7) is 0.905. The number of carbonyl (C=O) groups is 1. The summed E-state index contributed by atoms with van der Waals surface area (Å²) in [6, 6.07) is 7.13. The molecular weight excluding hydrogens is 369 g/mol. The van der Waals surface area contributed by atoms with Gasteiger partial charge in [0.15, 0.2) is 21.2 Å². The molecule has 25 heavy (non-hydrogen) atoms. The van der Waals surface area contributed by atoms with Crippen molar-refractivity contribution in [2.24, 2.45) is 0 Å². The molecule has 1 heterocycles. The molecule has 0 fully saturated rings. The molecule has 0 saturated heterocycles. The second-order valence-electron chi connectivity index (χ2n) is 4.86. The maximum atomic E-state index is 13.3. The van der Waals surface area contributed by atoms with Crippen molar-refractivity contribution < 1.29 is 36.4 Å². The second kappa shape index (κ2) is 6.96. The van der Waals surface area contributed by atoms with Gasteiger partial charge in [-0.1, -0.05) is 18.2 Å². The van der Waals surface area contributed by atoms with Crippen LogP contribution >= 0.6 is 0 Å². The molecule has 134 valence electrons. The highest BCUT2D eigenvalue weighted by atomic mass is 32.2. The third-order valence-corrected chi connectivity index (χ3v) is 4.84. The lowest BCUT2D eigenvalue weighted by atomic mass is 10.1. The molecule has 0 amide bonds. The standard InChI is InChI=1S/C15H10F5NO3S/c1-7-9(14(22)23)12(15(18,19)20)21-10(13(16)17)11(7)25(24)8-5-3-2-4-6-8/h2-6,13H,1H3,(H,22,23). The van der Waals surface area contributed by atoms with E-state index in [1.807, 2.05) is 0 Å². The number of rotatable bonds is 4. The van der Waals surface area contributed by atoms with Gasteiger partial charge in [-0.3, -0.25) is 0 Å². The van der Waals surface area contributed by atoms with Crippen LogP contribution in [-0.4, -0.2) is 20.6 Å². The van der Waals surface area contributed by atoms with Gasteiger partial charge in [-0.05, 0) is 19.1 Å². The number of alkyl halides is 5. The van der Waals surface area contributed by atoms with Crippen LogP contribution in [0, 0.1) is 6.92 Å². The highest BCUT2D eigenvalue weighted by Gasteiger charge is 2.43. The van der Waals surface area contributed by atoms with Gasteiger partial charge in [0.25, 0.3) is 6.43 Å². The average molecular weight is 379 g/mol. The summed E-state index contributed by atoms with van der Waals surface area (Å²) in [6.07, 6.45) is -8.72. The Morgan fingerprint density at radius 3 is 2.24 bits per heavy atom. The number of benzene rings is 1. The normalized spacial score (nSPS) is 13.1. The fourth-order valence-corrected chi connectivity index (χ4v) is 3.57. The number of aromatic carboxylic acids is 1. The topological polar surface area (TPSA) is 73.2 Å². The van der Waals surface area contributed by atoms with Crippen LogP contribution in [0.2, 0.25) is 0 Å². The van der Waals surface area contributed by atoms with E-state index >= 15 is 0 Å². The molecule has 4 nitrogen and oxygen atoms in total. The first-order valence-corrected chi connectivity index (χ1v) is 7.80. The zero-order chi connectivity index (χ0) is 18.9. The molecule has 0 aliphatic heterocycles. The zero-order valence-corrected chi connectivity index (χ0v) is 13.3. The quantitative estimate of drug-likeness (QED) is 0.638. The monoisotopic (exact) mass is 379 g/mol. The maximum Gasteiger partial charge on any atom is 0.434 e. The summed E-state index contributed by atoms with van der Waals surface area (Å²) < 4.78 is 78.3. The number of aromatic nitrogens is 1. The lowest BCUT2D eigenvalue weighted by molar-refractivity contribution is -0.142. The molecule has 10 heteroatoms. The number of carboxylic acids is 1. The van der Waals surface area contributed by atoms with Crippen LogP contribution in [0.1, 0.15) is 33.7 Å². The van der Waals surface area contributed by atoms with Crippen molar-refractivity contribution in [3.8, 4) is 0 Å². The molecule has 1 aromatic carbocycles. The van der Waals surface area contributed by atoms with Crippen molar-refractivity contribution >= 4 is 17.1 Å². The largest absolute Gasteiger partial charge is 0.606 e. The SMILES string of the molecule is Cc1c(C(=O)O)c(C(F)(F)F)nc(C(F)F)c1[S+]([O-])c1ccccc1.